The summed E-state index contributed by atoms with van der Waals surface area (Å²) in [6.07, 6.45) is -3.81. The second-order valence-corrected chi connectivity index (χ2v) is 4.03. The number of alkyl halides is 3. The van der Waals surface area contributed by atoms with Crippen LogP contribution in [0.4, 0.5) is 13.2 Å². The van der Waals surface area contributed by atoms with Gasteiger partial charge in [0.15, 0.2) is 5.78 Å². The third-order valence-electron chi connectivity index (χ3n) is 1.82. The van der Waals surface area contributed by atoms with Gasteiger partial charge < -0.3 is 0 Å². The number of halogens is 5. The summed E-state index contributed by atoms with van der Waals surface area (Å²) in [5, 5.41) is 0.462. The van der Waals surface area contributed by atoms with Gasteiger partial charge in [-0.3, -0.25) is 4.79 Å². The van der Waals surface area contributed by atoms with E-state index in [0.717, 1.165) is 12.2 Å². The number of hydrogen-bond acceptors (Lipinski definition) is 1. The maximum absolute atomic E-state index is 11.8. The van der Waals surface area contributed by atoms with E-state index in [0.29, 0.717) is 0 Å². The van der Waals surface area contributed by atoms with Gasteiger partial charge >= 0.3 is 6.18 Å². The monoisotopic (exact) mass is 282 g/mol. The summed E-state index contributed by atoms with van der Waals surface area (Å²) in [4.78, 5) is 11.4. The van der Waals surface area contributed by atoms with Crippen LogP contribution in [0.25, 0.3) is 0 Å². The molecule has 0 aliphatic rings. The molecule has 6 heteroatoms. The first-order chi connectivity index (χ1) is 7.79. The topological polar surface area (TPSA) is 17.1 Å². The molecule has 1 nitrogen and oxygen atoms in total. The lowest BCUT2D eigenvalue weighted by atomic mass is 10.1. The van der Waals surface area contributed by atoms with E-state index in [4.69, 9.17) is 23.2 Å². The zero-order valence-electron chi connectivity index (χ0n) is 8.39. The third-order valence-corrected chi connectivity index (χ3v) is 2.56. The Morgan fingerprint density at radius 3 is 2.41 bits per heavy atom. The van der Waals surface area contributed by atoms with Crippen molar-refractivity contribution < 1.29 is 18.0 Å². The van der Waals surface area contributed by atoms with Crippen LogP contribution < -0.4 is 0 Å². The first kappa shape index (κ1) is 14.1. The van der Waals surface area contributed by atoms with Crippen molar-refractivity contribution in [3.63, 3.8) is 0 Å². The molecule has 0 heterocycles. The first-order valence-electron chi connectivity index (χ1n) is 4.52. The van der Waals surface area contributed by atoms with Gasteiger partial charge in [-0.15, -0.1) is 0 Å². The van der Waals surface area contributed by atoms with Crippen LogP contribution >= 0.6 is 23.2 Å². The number of carbonyl (C=O) groups is 1. The van der Waals surface area contributed by atoms with Gasteiger partial charge in [-0.1, -0.05) is 29.3 Å². The fourth-order valence-corrected chi connectivity index (χ4v) is 1.34. The van der Waals surface area contributed by atoms with Crippen molar-refractivity contribution in [2.24, 2.45) is 0 Å². The molecule has 0 amide bonds. The van der Waals surface area contributed by atoms with E-state index in [-0.39, 0.29) is 15.6 Å². The van der Waals surface area contributed by atoms with Crippen LogP contribution in [0.1, 0.15) is 16.8 Å². The zero-order chi connectivity index (χ0) is 13.1. The van der Waals surface area contributed by atoms with Crippen LogP contribution in [0.15, 0.2) is 30.4 Å². The summed E-state index contributed by atoms with van der Waals surface area (Å²) < 4.78 is 35.5. The largest absolute Gasteiger partial charge is 0.392 e. The van der Waals surface area contributed by atoms with Crippen LogP contribution in [0, 0.1) is 0 Å². The number of ketones is 1. The molecule has 0 aliphatic carbocycles. The number of carbonyl (C=O) groups excluding carboxylic acids is 1. The van der Waals surface area contributed by atoms with Crippen molar-refractivity contribution in [3.8, 4) is 0 Å². The predicted molar refractivity (Wildman–Crippen MR) is 60.6 cm³/mol. The Bertz CT molecular complexity index is 453. The Kier molecular flexibility index (Phi) is 4.60. The van der Waals surface area contributed by atoms with Crippen molar-refractivity contribution in [1.82, 2.24) is 0 Å². The van der Waals surface area contributed by atoms with Gasteiger partial charge in [-0.2, -0.15) is 13.2 Å². The van der Waals surface area contributed by atoms with Crippen LogP contribution in [0.2, 0.25) is 10.0 Å². The summed E-state index contributed by atoms with van der Waals surface area (Å²) >= 11 is 11.3. The van der Waals surface area contributed by atoms with Crippen LogP contribution in [0.3, 0.4) is 0 Å². The molecular formula is C11H7Cl2F3O. The Hall–Kier alpha value is -1.00. The highest BCUT2D eigenvalue weighted by Crippen LogP contribution is 2.23. The minimum absolute atomic E-state index is 0.182. The highest BCUT2D eigenvalue weighted by atomic mass is 35.5. The number of allylic oxidation sites excluding steroid dienone is 2. The highest BCUT2D eigenvalue weighted by molar-refractivity contribution is 6.42. The van der Waals surface area contributed by atoms with E-state index < -0.39 is 18.4 Å². The van der Waals surface area contributed by atoms with Gasteiger partial charge in [0.05, 0.1) is 16.5 Å². The van der Waals surface area contributed by atoms with E-state index in [1.54, 1.807) is 0 Å². The minimum Gasteiger partial charge on any atom is -0.289 e. The molecule has 0 unspecified atom stereocenters. The lowest BCUT2D eigenvalue weighted by Crippen LogP contribution is -2.04. The molecular weight excluding hydrogens is 276 g/mol. The minimum atomic E-state index is -4.31. The average Bonchev–Trinajstić information content (AvgIpc) is 2.20. The van der Waals surface area contributed by atoms with Crippen LogP contribution in [0.5, 0.6) is 0 Å². The smallest absolute Gasteiger partial charge is 0.289 e. The Morgan fingerprint density at radius 2 is 1.88 bits per heavy atom. The summed E-state index contributed by atoms with van der Waals surface area (Å²) in [6, 6.07) is 4.12. The Balaban J connectivity index is 2.74. The molecule has 0 radical (unpaired) electrons. The van der Waals surface area contributed by atoms with E-state index in [2.05, 4.69) is 0 Å². The Morgan fingerprint density at radius 1 is 1.24 bits per heavy atom. The molecule has 0 aromatic heterocycles. The lowest BCUT2D eigenvalue weighted by molar-refractivity contribution is -0.125. The summed E-state index contributed by atoms with van der Waals surface area (Å²) in [6.45, 7) is 0. The van der Waals surface area contributed by atoms with Gasteiger partial charge in [0.2, 0.25) is 0 Å². The van der Waals surface area contributed by atoms with Gasteiger partial charge in [0.1, 0.15) is 0 Å². The van der Waals surface area contributed by atoms with E-state index in [1.807, 2.05) is 0 Å². The average molecular weight is 283 g/mol. The molecule has 1 aromatic carbocycles. The standard InChI is InChI=1S/C11H7Cl2F3O/c12-8-4-3-7(6-9(8)13)10(17)2-1-5-11(14,15)16/h1-4,6H,5H2/b2-1+. The van der Waals surface area contributed by atoms with Crippen molar-refractivity contribution in [1.29, 1.82) is 0 Å². The summed E-state index contributed by atoms with van der Waals surface area (Å²) in [5.41, 5.74) is 0.192. The normalized spacial score (nSPS) is 12.1. The predicted octanol–water partition coefficient (Wildman–Crippen LogP) is 4.68. The molecule has 0 aliphatic heterocycles. The molecule has 1 rings (SSSR count). The molecule has 0 fully saturated rings. The van der Waals surface area contributed by atoms with Crippen molar-refractivity contribution in [2.75, 3.05) is 0 Å². The van der Waals surface area contributed by atoms with Gasteiger partial charge in [0.25, 0.3) is 0 Å². The maximum Gasteiger partial charge on any atom is 0.392 e. The molecule has 0 spiro atoms. The quantitative estimate of drug-likeness (QED) is 0.581. The van der Waals surface area contributed by atoms with Crippen molar-refractivity contribution in [3.05, 3.63) is 46.0 Å². The first-order valence-corrected chi connectivity index (χ1v) is 5.28. The zero-order valence-corrected chi connectivity index (χ0v) is 9.90. The second-order valence-electron chi connectivity index (χ2n) is 3.21. The van der Waals surface area contributed by atoms with E-state index in [9.17, 15) is 18.0 Å². The van der Waals surface area contributed by atoms with Crippen molar-refractivity contribution >= 4 is 29.0 Å². The molecule has 0 N–H and O–H groups in total. The molecule has 17 heavy (non-hydrogen) atoms. The molecule has 0 bridgehead atoms. The molecule has 0 atom stereocenters. The fourth-order valence-electron chi connectivity index (χ4n) is 1.05. The number of rotatable bonds is 3. The summed E-state index contributed by atoms with van der Waals surface area (Å²) in [5.74, 6) is -0.548. The Labute approximate surface area is 106 Å². The maximum atomic E-state index is 11.8. The van der Waals surface area contributed by atoms with Crippen LogP contribution in [-0.2, 0) is 0 Å². The molecule has 1 aromatic rings. The fraction of sp³-hybridized carbons (Fsp3) is 0.182. The van der Waals surface area contributed by atoms with Crippen LogP contribution in [-0.4, -0.2) is 12.0 Å². The lowest BCUT2D eigenvalue weighted by Gasteiger charge is -2.01. The molecule has 0 saturated heterocycles. The van der Waals surface area contributed by atoms with Crippen molar-refractivity contribution in [2.45, 2.75) is 12.6 Å². The van der Waals surface area contributed by atoms with Gasteiger partial charge in [-0.05, 0) is 24.3 Å². The SMILES string of the molecule is O=C(/C=C/CC(F)(F)F)c1ccc(Cl)c(Cl)c1. The molecule has 0 saturated carbocycles. The summed E-state index contributed by atoms with van der Waals surface area (Å²) in [7, 11) is 0. The van der Waals surface area contributed by atoms with E-state index >= 15 is 0 Å². The second kappa shape index (κ2) is 5.56. The molecule has 92 valence electrons. The van der Waals surface area contributed by atoms with Gasteiger partial charge in [-0.25, -0.2) is 0 Å². The third kappa shape index (κ3) is 4.79. The number of benzene rings is 1. The van der Waals surface area contributed by atoms with Gasteiger partial charge in [0, 0.05) is 5.56 Å². The van der Waals surface area contributed by atoms with E-state index in [1.165, 1.54) is 18.2 Å². The highest BCUT2D eigenvalue weighted by Gasteiger charge is 2.24. The number of hydrogen-bond donors (Lipinski definition) is 0.